The Hall–Kier alpha value is -0.560. The lowest BCUT2D eigenvalue weighted by molar-refractivity contribution is 0.799. The van der Waals surface area contributed by atoms with E-state index in [-0.39, 0.29) is 0 Å². The highest BCUT2D eigenvalue weighted by molar-refractivity contribution is 7.12. The first-order valence-electron chi connectivity index (χ1n) is 4.97. The SMILES string of the molecule is C=CCC(C)c1ccc(CCC)s1. The smallest absolute Gasteiger partial charge is 0.00794 e. The summed E-state index contributed by atoms with van der Waals surface area (Å²) in [5.74, 6) is 0.646. The summed E-state index contributed by atoms with van der Waals surface area (Å²) in [5.41, 5.74) is 0. The van der Waals surface area contributed by atoms with Gasteiger partial charge in [-0.2, -0.15) is 0 Å². The fraction of sp³-hybridized carbons (Fsp3) is 0.500. The van der Waals surface area contributed by atoms with Gasteiger partial charge in [0.05, 0.1) is 0 Å². The third kappa shape index (κ3) is 3.00. The number of thiophene rings is 1. The zero-order chi connectivity index (χ0) is 9.68. The number of rotatable bonds is 5. The number of hydrogen-bond donors (Lipinski definition) is 0. The van der Waals surface area contributed by atoms with Gasteiger partial charge in [0.25, 0.3) is 0 Å². The van der Waals surface area contributed by atoms with Crippen molar-refractivity contribution in [1.29, 1.82) is 0 Å². The standard InChI is InChI=1S/C12H18S/c1-4-6-10(3)12-9-8-11(13-12)7-5-2/h4,8-10H,1,5-7H2,2-3H3. The molecule has 0 amide bonds. The van der Waals surface area contributed by atoms with Crippen LogP contribution in [0.2, 0.25) is 0 Å². The Morgan fingerprint density at radius 2 is 2.31 bits per heavy atom. The van der Waals surface area contributed by atoms with E-state index in [0.29, 0.717) is 5.92 Å². The fourth-order valence-electron chi connectivity index (χ4n) is 1.41. The Bertz CT molecular complexity index is 260. The van der Waals surface area contributed by atoms with Crippen molar-refractivity contribution in [3.05, 3.63) is 34.5 Å². The zero-order valence-electron chi connectivity index (χ0n) is 8.55. The van der Waals surface area contributed by atoms with Crippen molar-refractivity contribution in [3.8, 4) is 0 Å². The second-order valence-corrected chi connectivity index (χ2v) is 4.68. The van der Waals surface area contributed by atoms with Crippen molar-refractivity contribution < 1.29 is 0 Å². The van der Waals surface area contributed by atoms with Crippen molar-refractivity contribution in [2.45, 2.75) is 39.0 Å². The van der Waals surface area contributed by atoms with Gasteiger partial charge in [-0.3, -0.25) is 0 Å². The van der Waals surface area contributed by atoms with Gasteiger partial charge in [-0.05, 0) is 30.9 Å². The maximum Gasteiger partial charge on any atom is 0.00794 e. The summed E-state index contributed by atoms with van der Waals surface area (Å²) in [4.78, 5) is 3.02. The van der Waals surface area contributed by atoms with Crippen molar-refractivity contribution in [2.24, 2.45) is 0 Å². The minimum Gasteiger partial charge on any atom is -0.145 e. The molecule has 1 unspecified atom stereocenters. The van der Waals surface area contributed by atoms with Gasteiger partial charge in [-0.15, -0.1) is 17.9 Å². The number of allylic oxidation sites excluding steroid dienone is 1. The third-order valence-electron chi connectivity index (χ3n) is 2.18. The van der Waals surface area contributed by atoms with Crippen LogP contribution >= 0.6 is 11.3 Å². The molecule has 1 heterocycles. The lowest BCUT2D eigenvalue weighted by Gasteiger charge is -2.03. The maximum atomic E-state index is 3.77. The van der Waals surface area contributed by atoms with E-state index in [0.717, 1.165) is 6.42 Å². The monoisotopic (exact) mass is 194 g/mol. The Morgan fingerprint density at radius 1 is 1.54 bits per heavy atom. The van der Waals surface area contributed by atoms with Crippen LogP contribution in [-0.2, 0) is 6.42 Å². The van der Waals surface area contributed by atoms with Crippen LogP contribution < -0.4 is 0 Å². The molecule has 0 nitrogen and oxygen atoms in total. The van der Waals surface area contributed by atoms with Gasteiger partial charge in [0.2, 0.25) is 0 Å². The molecule has 1 heteroatoms. The number of hydrogen-bond acceptors (Lipinski definition) is 1. The first kappa shape index (κ1) is 10.5. The van der Waals surface area contributed by atoms with Crippen LogP contribution in [0.25, 0.3) is 0 Å². The highest BCUT2D eigenvalue weighted by Crippen LogP contribution is 2.27. The van der Waals surface area contributed by atoms with Crippen LogP contribution in [0.4, 0.5) is 0 Å². The molecule has 0 saturated carbocycles. The molecule has 1 atom stereocenters. The quantitative estimate of drug-likeness (QED) is 0.610. The van der Waals surface area contributed by atoms with E-state index >= 15 is 0 Å². The van der Waals surface area contributed by atoms with Gasteiger partial charge in [0, 0.05) is 9.75 Å². The van der Waals surface area contributed by atoms with Crippen LogP contribution in [0, 0.1) is 0 Å². The first-order valence-corrected chi connectivity index (χ1v) is 5.79. The maximum absolute atomic E-state index is 3.77. The van der Waals surface area contributed by atoms with Crippen LogP contribution in [0.5, 0.6) is 0 Å². The van der Waals surface area contributed by atoms with E-state index < -0.39 is 0 Å². The minimum atomic E-state index is 0.646. The lowest BCUT2D eigenvalue weighted by Crippen LogP contribution is -1.85. The van der Waals surface area contributed by atoms with E-state index in [1.54, 1.807) is 0 Å². The van der Waals surface area contributed by atoms with Gasteiger partial charge < -0.3 is 0 Å². The van der Waals surface area contributed by atoms with Crippen LogP contribution in [0.15, 0.2) is 24.8 Å². The van der Waals surface area contributed by atoms with Crippen LogP contribution in [0.3, 0.4) is 0 Å². The Balaban J connectivity index is 2.61. The first-order chi connectivity index (χ1) is 6.27. The molecule has 1 aromatic heterocycles. The van der Waals surface area contributed by atoms with E-state index in [1.807, 2.05) is 17.4 Å². The van der Waals surface area contributed by atoms with E-state index in [2.05, 4.69) is 32.6 Å². The van der Waals surface area contributed by atoms with Crippen molar-refractivity contribution in [3.63, 3.8) is 0 Å². The van der Waals surface area contributed by atoms with Crippen LogP contribution in [-0.4, -0.2) is 0 Å². The van der Waals surface area contributed by atoms with Crippen LogP contribution in [0.1, 0.15) is 42.4 Å². The van der Waals surface area contributed by atoms with E-state index in [4.69, 9.17) is 0 Å². The van der Waals surface area contributed by atoms with Gasteiger partial charge in [0.1, 0.15) is 0 Å². The predicted octanol–water partition coefficient (Wildman–Crippen LogP) is 4.38. The third-order valence-corrected chi connectivity index (χ3v) is 3.56. The minimum absolute atomic E-state index is 0.646. The van der Waals surface area contributed by atoms with Gasteiger partial charge in [-0.1, -0.05) is 26.3 Å². The molecule has 0 aromatic carbocycles. The Kier molecular flexibility index (Phi) is 4.23. The molecule has 13 heavy (non-hydrogen) atoms. The molecule has 0 bridgehead atoms. The largest absolute Gasteiger partial charge is 0.145 e. The molecule has 0 saturated heterocycles. The van der Waals surface area contributed by atoms with E-state index in [9.17, 15) is 0 Å². The molecular weight excluding hydrogens is 176 g/mol. The molecule has 0 fully saturated rings. The summed E-state index contributed by atoms with van der Waals surface area (Å²) in [5, 5.41) is 0. The van der Waals surface area contributed by atoms with Crippen molar-refractivity contribution in [2.75, 3.05) is 0 Å². The van der Waals surface area contributed by atoms with Gasteiger partial charge >= 0.3 is 0 Å². The molecule has 72 valence electrons. The van der Waals surface area contributed by atoms with Crippen molar-refractivity contribution >= 4 is 11.3 Å². The second-order valence-electron chi connectivity index (χ2n) is 3.48. The Morgan fingerprint density at radius 3 is 2.92 bits per heavy atom. The van der Waals surface area contributed by atoms with Gasteiger partial charge in [-0.25, -0.2) is 0 Å². The average molecular weight is 194 g/mol. The molecule has 0 aliphatic carbocycles. The van der Waals surface area contributed by atoms with Gasteiger partial charge in [0.15, 0.2) is 0 Å². The van der Waals surface area contributed by atoms with E-state index in [1.165, 1.54) is 22.6 Å². The molecular formula is C12H18S. The molecule has 1 aromatic rings. The average Bonchev–Trinajstić information content (AvgIpc) is 2.54. The normalized spacial score (nSPS) is 12.8. The second kappa shape index (κ2) is 5.23. The molecule has 1 rings (SSSR count). The Labute approximate surface area is 85.3 Å². The summed E-state index contributed by atoms with van der Waals surface area (Å²) in [6.07, 6.45) is 5.57. The topological polar surface area (TPSA) is 0 Å². The zero-order valence-corrected chi connectivity index (χ0v) is 9.36. The fourth-order valence-corrected chi connectivity index (χ4v) is 2.58. The molecule has 0 aliphatic heterocycles. The molecule has 0 radical (unpaired) electrons. The number of aryl methyl sites for hydroxylation is 1. The molecule has 0 aliphatic rings. The summed E-state index contributed by atoms with van der Waals surface area (Å²) >= 11 is 1.96. The predicted molar refractivity (Wildman–Crippen MR) is 61.5 cm³/mol. The molecule has 0 spiro atoms. The summed E-state index contributed by atoms with van der Waals surface area (Å²) in [6, 6.07) is 4.53. The highest BCUT2D eigenvalue weighted by Gasteiger charge is 2.06. The summed E-state index contributed by atoms with van der Waals surface area (Å²) in [6.45, 7) is 8.27. The summed E-state index contributed by atoms with van der Waals surface area (Å²) in [7, 11) is 0. The highest BCUT2D eigenvalue weighted by atomic mass is 32.1. The lowest BCUT2D eigenvalue weighted by atomic mass is 10.1. The summed E-state index contributed by atoms with van der Waals surface area (Å²) < 4.78 is 0. The molecule has 0 N–H and O–H groups in total. The van der Waals surface area contributed by atoms with Crippen molar-refractivity contribution in [1.82, 2.24) is 0 Å².